The van der Waals surface area contributed by atoms with Crippen LogP contribution in [0.5, 0.6) is 5.75 Å². The Morgan fingerprint density at radius 3 is 2.34 bits per heavy atom. The summed E-state index contributed by atoms with van der Waals surface area (Å²) in [5.74, 6) is -0.108. The van der Waals surface area contributed by atoms with Crippen LogP contribution in [-0.2, 0) is 16.0 Å². The van der Waals surface area contributed by atoms with Crippen LogP contribution in [0.1, 0.15) is 16.7 Å². The van der Waals surface area contributed by atoms with E-state index in [0.29, 0.717) is 34.0 Å². The predicted molar refractivity (Wildman–Crippen MR) is 127 cm³/mol. The molecule has 0 spiro atoms. The number of carbonyl (C=O) groups is 2. The van der Waals surface area contributed by atoms with Gasteiger partial charge in [-0.1, -0.05) is 60.1 Å². The Bertz CT molecular complexity index is 1190. The van der Waals surface area contributed by atoms with Crippen molar-refractivity contribution in [1.82, 2.24) is 4.90 Å². The maximum Gasteiger partial charge on any atom is 0.278 e. The van der Waals surface area contributed by atoms with Crippen LogP contribution in [0.4, 0.5) is 5.69 Å². The van der Waals surface area contributed by atoms with Crippen LogP contribution in [0.3, 0.4) is 0 Å². The van der Waals surface area contributed by atoms with E-state index in [0.717, 1.165) is 11.1 Å². The topological polar surface area (TPSA) is 58.6 Å². The number of rotatable bonds is 7. The molecule has 162 valence electrons. The fourth-order valence-electron chi connectivity index (χ4n) is 3.72. The second-order valence-electron chi connectivity index (χ2n) is 7.58. The molecule has 0 fully saturated rings. The highest BCUT2D eigenvalue weighted by Gasteiger charge is 2.39. The smallest absolute Gasteiger partial charge is 0.278 e. The third kappa shape index (κ3) is 4.39. The number of anilines is 1. The Labute approximate surface area is 192 Å². The maximum absolute atomic E-state index is 13.4. The lowest BCUT2D eigenvalue weighted by molar-refractivity contribution is -0.136. The Morgan fingerprint density at radius 1 is 0.938 bits per heavy atom. The molecule has 0 bridgehead atoms. The molecule has 1 N–H and O–H groups in total. The van der Waals surface area contributed by atoms with Crippen LogP contribution in [0.25, 0.3) is 5.57 Å². The average Bonchev–Trinajstić information content (AvgIpc) is 3.03. The first-order chi connectivity index (χ1) is 15.5. The number of hydrogen-bond acceptors (Lipinski definition) is 4. The number of nitrogens with zero attached hydrogens (tertiary/aromatic N) is 1. The molecule has 0 saturated heterocycles. The number of halogens is 1. The van der Waals surface area contributed by atoms with Gasteiger partial charge in [0, 0.05) is 11.6 Å². The highest BCUT2D eigenvalue weighted by molar-refractivity contribution is 6.37. The average molecular weight is 447 g/mol. The van der Waals surface area contributed by atoms with E-state index < -0.39 is 0 Å². The molecular weight excluding hydrogens is 424 g/mol. The summed E-state index contributed by atoms with van der Waals surface area (Å²) in [5.41, 5.74) is 3.87. The van der Waals surface area contributed by atoms with E-state index in [1.54, 1.807) is 31.4 Å². The monoisotopic (exact) mass is 446 g/mol. The molecule has 6 heteroatoms. The summed E-state index contributed by atoms with van der Waals surface area (Å²) in [5, 5.41) is 3.74. The van der Waals surface area contributed by atoms with E-state index in [2.05, 4.69) is 5.32 Å². The largest absolute Gasteiger partial charge is 0.495 e. The fraction of sp³-hybridized carbons (Fsp3) is 0.154. The molecule has 0 radical (unpaired) electrons. The summed E-state index contributed by atoms with van der Waals surface area (Å²) in [6.45, 7) is 2.24. The number of hydrogen-bond donors (Lipinski definition) is 1. The molecule has 0 aromatic heterocycles. The first kappa shape index (κ1) is 21.7. The van der Waals surface area contributed by atoms with Crippen molar-refractivity contribution in [1.29, 1.82) is 0 Å². The van der Waals surface area contributed by atoms with Gasteiger partial charge in [-0.2, -0.15) is 0 Å². The van der Waals surface area contributed by atoms with Gasteiger partial charge < -0.3 is 10.1 Å². The molecule has 0 aliphatic carbocycles. The van der Waals surface area contributed by atoms with Crippen molar-refractivity contribution < 1.29 is 14.3 Å². The second-order valence-corrected chi connectivity index (χ2v) is 8.02. The minimum atomic E-state index is -0.362. The van der Waals surface area contributed by atoms with Crippen LogP contribution < -0.4 is 10.1 Å². The number of carbonyl (C=O) groups excluding carboxylic acids is 2. The number of methoxy groups -OCH3 is 1. The summed E-state index contributed by atoms with van der Waals surface area (Å²) in [4.78, 5) is 28.1. The fourth-order valence-corrected chi connectivity index (χ4v) is 3.85. The lowest BCUT2D eigenvalue weighted by Crippen LogP contribution is -2.34. The zero-order chi connectivity index (χ0) is 22.7. The third-order valence-corrected chi connectivity index (χ3v) is 5.63. The van der Waals surface area contributed by atoms with Crippen molar-refractivity contribution >= 4 is 34.7 Å². The van der Waals surface area contributed by atoms with Gasteiger partial charge in [-0.25, -0.2) is 0 Å². The van der Waals surface area contributed by atoms with Crippen molar-refractivity contribution in [2.24, 2.45) is 0 Å². The Hall–Kier alpha value is -3.57. The Morgan fingerprint density at radius 2 is 1.66 bits per heavy atom. The standard InChI is InChI=1S/C26H23ClN2O3/c1-17-8-13-22(32-2)21(16-17)28-24-23(19-9-11-20(27)12-10-19)25(30)29(26(24)31)15-14-18-6-4-3-5-7-18/h3-13,16,28H,14-15H2,1-2H3. The molecule has 2 amide bonds. The summed E-state index contributed by atoms with van der Waals surface area (Å²) in [7, 11) is 1.57. The lowest BCUT2D eigenvalue weighted by atomic mass is 10.0. The van der Waals surface area contributed by atoms with E-state index in [-0.39, 0.29) is 24.1 Å². The number of amides is 2. The number of nitrogens with one attached hydrogen (secondary N) is 1. The van der Waals surface area contributed by atoms with E-state index >= 15 is 0 Å². The molecule has 1 aliphatic heterocycles. The number of imide groups is 1. The highest BCUT2D eigenvalue weighted by Crippen LogP contribution is 2.34. The Balaban J connectivity index is 1.71. The van der Waals surface area contributed by atoms with Gasteiger partial charge in [-0.05, 0) is 54.3 Å². The molecule has 3 aromatic carbocycles. The molecule has 5 nitrogen and oxygen atoms in total. The van der Waals surface area contributed by atoms with E-state index in [4.69, 9.17) is 16.3 Å². The molecule has 0 unspecified atom stereocenters. The van der Waals surface area contributed by atoms with Gasteiger partial charge in [0.2, 0.25) is 0 Å². The molecule has 1 heterocycles. The molecule has 0 saturated carbocycles. The molecule has 32 heavy (non-hydrogen) atoms. The van der Waals surface area contributed by atoms with Crippen molar-refractivity contribution in [3.8, 4) is 5.75 Å². The summed E-state index contributed by atoms with van der Waals surface area (Å²) in [6, 6.07) is 22.3. The van der Waals surface area contributed by atoms with Gasteiger partial charge in [-0.15, -0.1) is 0 Å². The SMILES string of the molecule is COc1ccc(C)cc1NC1=C(c2ccc(Cl)cc2)C(=O)N(CCc2ccccc2)C1=O. The van der Waals surface area contributed by atoms with E-state index in [1.165, 1.54) is 4.90 Å². The van der Waals surface area contributed by atoms with Crippen LogP contribution in [0, 0.1) is 6.92 Å². The number of benzene rings is 3. The minimum Gasteiger partial charge on any atom is -0.495 e. The summed E-state index contributed by atoms with van der Waals surface area (Å²) in [6.07, 6.45) is 0.577. The molecule has 0 atom stereocenters. The zero-order valence-electron chi connectivity index (χ0n) is 17.9. The highest BCUT2D eigenvalue weighted by atomic mass is 35.5. The van der Waals surface area contributed by atoms with Gasteiger partial charge in [0.25, 0.3) is 11.8 Å². The molecule has 4 rings (SSSR count). The van der Waals surface area contributed by atoms with Crippen molar-refractivity contribution in [3.63, 3.8) is 0 Å². The normalized spacial score (nSPS) is 13.7. The van der Waals surface area contributed by atoms with Crippen LogP contribution >= 0.6 is 11.6 Å². The number of aryl methyl sites for hydroxylation is 1. The lowest BCUT2D eigenvalue weighted by Gasteiger charge is -2.16. The van der Waals surface area contributed by atoms with Gasteiger partial charge in [-0.3, -0.25) is 14.5 Å². The van der Waals surface area contributed by atoms with Gasteiger partial charge >= 0.3 is 0 Å². The quantitative estimate of drug-likeness (QED) is 0.513. The van der Waals surface area contributed by atoms with E-state index in [1.807, 2.05) is 55.5 Å². The number of ether oxygens (including phenoxy) is 1. The molecule has 3 aromatic rings. The van der Waals surface area contributed by atoms with Crippen LogP contribution in [0.15, 0.2) is 78.5 Å². The van der Waals surface area contributed by atoms with Gasteiger partial charge in [0.1, 0.15) is 11.4 Å². The van der Waals surface area contributed by atoms with Crippen molar-refractivity contribution in [2.75, 3.05) is 19.0 Å². The van der Waals surface area contributed by atoms with Crippen molar-refractivity contribution in [2.45, 2.75) is 13.3 Å². The molecule has 1 aliphatic rings. The van der Waals surface area contributed by atoms with Gasteiger partial charge in [0.15, 0.2) is 0 Å². The Kier molecular flexibility index (Phi) is 6.28. The first-order valence-corrected chi connectivity index (χ1v) is 10.7. The molecular formula is C26H23ClN2O3. The zero-order valence-corrected chi connectivity index (χ0v) is 18.6. The maximum atomic E-state index is 13.4. The van der Waals surface area contributed by atoms with Gasteiger partial charge in [0.05, 0.1) is 18.4 Å². The second kappa shape index (κ2) is 9.28. The first-order valence-electron chi connectivity index (χ1n) is 10.3. The minimum absolute atomic E-state index is 0.231. The third-order valence-electron chi connectivity index (χ3n) is 5.38. The van der Waals surface area contributed by atoms with Crippen LogP contribution in [0.2, 0.25) is 5.02 Å². The van der Waals surface area contributed by atoms with E-state index in [9.17, 15) is 9.59 Å². The summed E-state index contributed by atoms with van der Waals surface area (Å²) >= 11 is 6.04. The predicted octanol–water partition coefficient (Wildman–Crippen LogP) is 5.09. The van der Waals surface area contributed by atoms with Crippen LogP contribution in [-0.4, -0.2) is 30.4 Å². The summed E-state index contributed by atoms with van der Waals surface area (Å²) < 4.78 is 5.45. The van der Waals surface area contributed by atoms with Crippen molar-refractivity contribution in [3.05, 3.63) is 100 Å².